The Morgan fingerprint density at radius 3 is 2.61 bits per heavy atom. The Hall–Kier alpha value is -1.00. The lowest BCUT2D eigenvalue weighted by molar-refractivity contribution is -0.0394. The molecule has 2 fully saturated rings. The highest BCUT2D eigenvalue weighted by Gasteiger charge is 2.42. The van der Waals surface area contributed by atoms with Crippen molar-refractivity contribution in [3.05, 3.63) is 29.3 Å². The molecule has 2 bridgehead atoms. The number of fused-ring (bicyclic) bond motifs is 2. The Balaban J connectivity index is 1.91. The Morgan fingerprint density at radius 1 is 1.33 bits per heavy atom. The summed E-state index contributed by atoms with van der Waals surface area (Å²) in [5.41, 5.74) is 0.101. The van der Waals surface area contributed by atoms with E-state index in [1.54, 1.807) is 13.0 Å². The molecule has 3 nitrogen and oxygen atoms in total. The molecule has 2 aliphatic rings. The molecule has 0 saturated carbocycles. The van der Waals surface area contributed by atoms with Crippen LogP contribution in [-0.4, -0.2) is 22.2 Å². The SMILES string of the molecule is Cc1nc(C2(O)CC3CCCC(C2)N3)ccc1F. The van der Waals surface area contributed by atoms with E-state index in [2.05, 4.69) is 10.3 Å². The van der Waals surface area contributed by atoms with Crippen LogP contribution in [0.2, 0.25) is 0 Å². The third-order valence-electron chi connectivity index (χ3n) is 4.24. The molecule has 2 saturated heterocycles. The maximum Gasteiger partial charge on any atom is 0.144 e. The average molecular weight is 250 g/mol. The monoisotopic (exact) mass is 250 g/mol. The van der Waals surface area contributed by atoms with Gasteiger partial charge < -0.3 is 10.4 Å². The zero-order chi connectivity index (χ0) is 12.8. The maximum atomic E-state index is 13.3. The van der Waals surface area contributed by atoms with Crippen LogP contribution in [0.1, 0.15) is 43.5 Å². The lowest BCUT2D eigenvalue weighted by Gasteiger charge is -2.45. The van der Waals surface area contributed by atoms with Crippen LogP contribution in [0.4, 0.5) is 4.39 Å². The van der Waals surface area contributed by atoms with Gasteiger partial charge in [0, 0.05) is 12.1 Å². The van der Waals surface area contributed by atoms with Crippen LogP contribution in [-0.2, 0) is 5.60 Å². The van der Waals surface area contributed by atoms with E-state index in [1.807, 2.05) is 0 Å². The number of hydrogen-bond acceptors (Lipinski definition) is 3. The molecule has 2 atom stereocenters. The second kappa shape index (κ2) is 4.28. The highest BCUT2D eigenvalue weighted by Crippen LogP contribution is 2.38. The van der Waals surface area contributed by atoms with Crippen LogP contribution >= 0.6 is 0 Å². The van der Waals surface area contributed by atoms with Gasteiger partial charge in [0.2, 0.25) is 0 Å². The van der Waals surface area contributed by atoms with Gasteiger partial charge in [0.25, 0.3) is 0 Å². The van der Waals surface area contributed by atoms with Crippen LogP contribution in [0.3, 0.4) is 0 Å². The molecule has 2 N–H and O–H groups in total. The molecular weight excluding hydrogens is 231 g/mol. The molecule has 0 amide bonds. The summed E-state index contributed by atoms with van der Waals surface area (Å²) in [6.45, 7) is 1.64. The predicted molar refractivity (Wildman–Crippen MR) is 66.6 cm³/mol. The summed E-state index contributed by atoms with van der Waals surface area (Å²) in [5, 5.41) is 14.4. The summed E-state index contributed by atoms with van der Waals surface area (Å²) in [5.74, 6) is -0.309. The molecule has 0 aromatic carbocycles. The molecule has 3 heterocycles. The summed E-state index contributed by atoms with van der Waals surface area (Å²) < 4.78 is 13.3. The first-order valence-electron chi connectivity index (χ1n) is 6.69. The summed E-state index contributed by atoms with van der Waals surface area (Å²) in [4.78, 5) is 4.24. The topological polar surface area (TPSA) is 45.2 Å². The second-order valence-electron chi connectivity index (χ2n) is 5.69. The number of halogens is 1. The van der Waals surface area contributed by atoms with E-state index >= 15 is 0 Å². The molecule has 18 heavy (non-hydrogen) atoms. The number of pyridine rings is 1. The van der Waals surface area contributed by atoms with Crippen molar-refractivity contribution in [2.75, 3.05) is 0 Å². The second-order valence-corrected chi connectivity index (χ2v) is 5.69. The van der Waals surface area contributed by atoms with Gasteiger partial charge in [-0.2, -0.15) is 0 Å². The largest absolute Gasteiger partial charge is 0.383 e. The van der Waals surface area contributed by atoms with E-state index < -0.39 is 5.60 Å². The van der Waals surface area contributed by atoms with Crippen molar-refractivity contribution in [1.82, 2.24) is 10.3 Å². The number of piperidine rings is 2. The predicted octanol–water partition coefficient (Wildman–Crippen LogP) is 2.02. The van der Waals surface area contributed by atoms with Gasteiger partial charge in [0.1, 0.15) is 11.4 Å². The van der Waals surface area contributed by atoms with Crippen molar-refractivity contribution in [3.8, 4) is 0 Å². The number of nitrogens with one attached hydrogen (secondary N) is 1. The fourth-order valence-electron chi connectivity index (χ4n) is 3.34. The molecular formula is C14H19FN2O. The van der Waals surface area contributed by atoms with Gasteiger partial charge >= 0.3 is 0 Å². The molecule has 1 aromatic rings. The zero-order valence-corrected chi connectivity index (χ0v) is 10.6. The van der Waals surface area contributed by atoms with Crippen molar-refractivity contribution in [1.29, 1.82) is 0 Å². The molecule has 0 radical (unpaired) electrons. The molecule has 98 valence electrons. The Labute approximate surface area is 106 Å². The molecule has 1 aromatic heterocycles. The molecule has 4 heteroatoms. The Morgan fingerprint density at radius 2 is 2.00 bits per heavy atom. The average Bonchev–Trinajstić information content (AvgIpc) is 2.32. The maximum absolute atomic E-state index is 13.3. The fourth-order valence-corrected chi connectivity index (χ4v) is 3.34. The highest BCUT2D eigenvalue weighted by atomic mass is 19.1. The minimum absolute atomic E-state index is 0.309. The number of aromatic nitrogens is 1. The summed E-state index contributed by atoms with van der Waals surface area (Å²) in [6.07, 6.45) is 4.81. The summed E-state index contributed by atoms with van der Waals surface area (Å²) >= 11 is 0. The van der Waals surface area contributed by atoms with Gasteiger partial charge in [-0.3, -0.25) is 4.98 Å². The van der Waals surface area contributed by atoms with E-state index in [0.717, 1.165) is 12.8 Å². The number of aliphatic hydroxyl groups is 1. The lowest BCUT2D eigenvalue weighted by atomic mass is 9.75. The van der Waals surface area contributed by atoms with Gasteiger partial charge in [0.05, 0.1) is 11.4 Å². The van der Waals surface area contributed by atoms with Crippen molar-refractivity contribution >= 4 is 0 Å². The molecule has 2 aliphatic heterocycles. The standard InChI is InChI=1S/C14H19FN2O/c1-9-12(15)5-6-13(16-9)14(18)7-10-3-2-4-11(8-14)17-10/h5-6,10-11,17-18H,2-4,7-8H2,1H3. The quantitative estimate of drug-likeness (QED) is 0.801. The highest BCUT2D eigenvalue weighted by molar-refractivity contribution is 5.20. The van der Waals surface area contributed by atoms with Crippen molar-refractivity contribution in [2.45, 2.75) is 56.7 Å². The fraction of sp³-hybridized carbons (Fsp3) is 0.643. The van der Waals surface area contributed by atoms with Crippen LogP contribution in [0, 0.1) is 12.7 Å². The minimum Gasteiger partial charge on any atom is -0.383 e. The van der Waals surface area contributed by atoms with Crippen LogP contribution in [0.5, 0.6) is 0 Å². The van der Waals surface area contributed by atoms with Gasteiger partial charge in [-0.05, 0) is 44.7 Å². The number of aryl methyl sites for hydroxylation is 1. The van der Waals surface area contributed by atoms with E-state index in [9.17, 15) is 9.50 Å². The van der Waals surface area contributed by atoms with Gasteiger partial charge in [0.15, 0.2) is 0 Å². The number of rotatable bonds is 1. The van der Waals surface area contributed by atoms with Crippen molar-refractivity contribution in [3.63, 3.8) is 0 Å². The van der Waals surface area contributed by atoms with Gasteiger partial charge in [-0.25, -0.2) is 4.39 Å². The summed E-state index contributed by atoms with van der Waals surface area (Å²) in [7, 11) is 0. The Bertz CT molecular complexity index is 451. The third-order valence-corrected chi connectivity index (χ3v) is 4.24. The van der Waals surface area contributed by atoms with Crippen LogP contribution in [0.15, 0.2) is 12.1 Å². The van der Waals surface area contributed by atoms with E-state index in [1.165, 1.54) is 12.5 Å². The molecule has 0 aliphatic carbocycles. The minimum atomic E-state index is -0.889. The first kappa shape index (κ1) is 12.1. The number of hydrogen-bond donors (Lipinski definition) is 2. The normalized spacial score (nSPS) is 35.5. The first-order chi connectivity index (χ1) is 8.57. The van der Waals surface area contributed by atoms with Crippen molar-refractivity contribution in [2.24, 2.45) is 0 Å². The van der Waals surface area contributed by atoms with E-state index in [0.29, 0.717) is 36.3 Å². The van der Waals surface area contributed by atoms with Gasteiger partial charge in [-0.1, -0.05) is 6.42 Å². The molecule has 0 spiro atoms. The third kappa shape index (κ3) is 2.04. The van der Waals surface area contributed by atoms with Crippen molar-refractivity contribution < 1.29 is 9.50 Å². The van der Waals surface area contributed by atoms with Crippen LogP contribution in [0.25, 0.3) is 0 Å². The molecule has 2 unspecified atom stereocenters. The van der Waals surface area contributed by atoms with Gasteiger partial charge in [-0.15, -0.1) is 0 Å². The zero-order valence-electron chi connectivity index (χ0n) is 10.6. The summed E-state index contributed by atoms with van der Waals surface area (Å²) in [6, 6.07) is 3.78. The van der Waals surface area contributed by atoms with Crippen LogP contribution < -0.4 is 5.32 Å². The van der Waals surface area contributed by atoms with E-state index in [-0.39, 0.29) is 5.82 Å². The smallest absolute Gasteiger partial charge is 0.144 e. The first-order valence-corrected chi connectivity index (χ1v) is 6.69. The Kier molecular flexibility index (Phi) is 2.87. The van der Waals surface area contributed by atoms with E-state index in [4.69, 9.17) is 0 Å². The lowest BCUT2D eigenvalue weighted by Crippen LogP contribution is -2.54. The molecule has 3 rings (SSSR count). The number of nitrogens with zero attached hydrogens (tertiary/aromatic N) is 1.